The van der Waals surface area contributed by atoms with Crippen LogP contribution in [0.4, 0.5) is 0 Å². The zero-order valence-corrected chi connectivity index (χ0v) is 24.5. The molecule has 0 bridgehead atoms. The van der Waals surface area contributed by atoms with Gasteiger partial charge in [-0.05, 0) is 18.6 Å². The van der Waals surface area contributed by atoms with Crippen molar-refractivity contribution in [3.8, 4) is 0 Å². The van der Waals surface area contributed by atoms with Crippen LogP contribution in [-0.2, 0) is 38.0 Å². The number of unbranched alkanes of at least 4 members (excludes halogenated alkanes) is 4. The van der Waals surface area contributed by atoms with Crippen molar-refractivity contribution in [2.24, 2.45) is 0 Å². The summed E-state index contributed by atoms with van der Waals surface area (Å²) in [5, 5.41) is 0. The number of ether oxygens (including phenoxy) is 7. The van der Waals surface area contributed by atoms with Gasteiger partial charge in [0.15, 0.2) is 0 Å². The van der Waals surface area contributed by atoms with Crippen LogP contribution in [-0.4, -0.2) is 115 Å². The standard InChI is InChI=1S/C30H47NO10/c1-2-3-4-5-6-11-28(32)41-25-24-40-23-22-39-21-20-38-19-18-37-17-16-36-15-14-35-13-12-31-29(33)26-9-7-8-10-27(26)30(31)34/h7-10H,2-6,11-25H2,1H3. The van der Waals surface area contributed by atoms with Gasteiger partial charge in [0.2, 0.25) is 0 Å². The average molecular weight is 582 g/mol. The lowest BCUT2D eigenvalue weighted by Gasteiger charge is -2.13. The van der Waals surface area contributed by atoms with Crippen molar-refractivity contribution in [2.45, 2.75) is 45.4 Å². The predicted octanol–water partition coefficient (Wildman–Crippen LogP) is 3.29. The highest BCUT2D eigenvalue weighted by Crippen LogP contribution is 2.21. The van der Waals surface area contributed by atoms with Crippen molar-refractivity contribution < 1.29 is 47.5 Å². The first kappa shape index (κ1) is 34.8. The zero-order chi connectivity index (χ0) is 29.4. The molecule has 232 valence electrons. The predicted molar refractivity (Wildman–Crippen MR) is 151 cm³/mol. The third-order valence-corrected chi connectivity index (χ3v) is 6.17. The first-order chi connectivity index (χ1) is 20.1. The summed E-state index contributed by atoms with van der Waals surface area (Å²) in [7, 11) is 0. The lowest BCUT2D eigenvalue weighted by Crippen LogP contribution is -2.33. The van der Waals surface area contributed by atoms with Gasteiger partial charge in [0.1, 0.15) is 6.61 Å². The molecule has 1 aromatic rings. The second-order valence-corrected chi connectivity index (χ2v) is 9.37. The Morgan fingerprint density at radius 1 is 0.585 bits per heavy atom. The van der Waals surface area contributed by atoms with Crippen molar-refractivity contribution in [1.29, 1.82) is 0 Å². The van der Waals surface area contributed by atoms with E-state index >= 15 is 0 Å². The molecule has 0 aromatic heterocycles. The molecule has 0 saturated carbocycles. The minimum atomic E-state index is -0.278. The van der Waals surface area contributed by atoms with Gasteiger partial charge < -0.3 is 33.2 Å². The first-order valence-corrected chi connectivity index (χ1v) is 14.7. The van der Waals surface area contributed by atoms with E-state index in [-0.39, 0.29) is 37.5 Å². The van der Waals surface area contributed by atoms with Gasteiger partial charge in [-0.2, -0.15) is 0 Å². The van der Waals surface area contributed by atoms with E-state index in [2.05, 4.69) is 6.92 Å². The Bertz CT molecular complexity index is 830. The third-order valence-electron chi connectivity index (χ3n) is 6.17. The number of esters is 1. The number of carbonyl (C=O) groups is 3. The summed E-state index contributed by atoms with van der Waals surface area (Å²) < 4.78 is 37.8. The molecule has 0 unspecified atom stereocenters. The molecule has 11 nitrogen and oxygen atoms in total. The fourth-order valence-corrected chi connectivity index (χ4v) is 3.96. The molecule has 2 rings (SSSR count). The molecule has 0 N–H and O–H groups in total. The van der Waals surface area contributed by atoms with Crippen molar-refractivity contribution in [3.63, 3.8) is 0 Å². The number of nitrogens with zero attached hydrogens (tertiary/aromatic N) is 1. The second kappa shape index (κ2) is 23.2. The Morgan fingerprint density at radius 2 is 1.00 bits per heavy atom. The Balaban J connectivity index is 1.24. The molecule has 0 fully saturated rings. The normalized spacial score (nSPS) is 12.8. The fourth-order valence-electron chi connectivity index (χ4n) is 3.96. The zero-order valence-electron chi connectivity index (χ0n) is 24.5. The molecule has 41 heavy (non-hydrogen) atoms. The molecule has 1 aromatic carbocycles. The summed E-state index contributed by atoms with van der Waals surface area (Å²) in [6, 6.07) is 6.81. The quantitative estimate of drug-likeness (QED) is 0.0870. The third kappa shape index (κ3) is 15.4. The van der Waals surface area contributed by atoms with Crippen LogP contribution in [0.3, 0.4) is 0 Å². The number of rotatable bonds is 27. The van der Waals surface area contributed by atoms with E-state index < -0.39 is 0 Å². The fraction of sp³-hybridized carbons (Fsp3) is 0.700. The van der Waals surface area contributed by atoms with Crippen LogP contribution in [0, 0.1) is 0 Å². The summed E-state index contributed by atoms with van der Waals surface area (Å²) >= 11 is 0. The van der Waals surface area contributed by atoms with E-state index in [1.807, 2.05) is 0 Å². The van der Waals surface area contributed by atoms with Crippen LogP contribution in [0.1, 0.15) is 66.2 Å². The maximum absolute atomic E-state index is 12.3. The second-order valence-electron chi connectivity index (χ2n) is 9.37. The number of benzene rings is 1. The molecular formula is C30H47NO10. The molecule has 0 radical (unpaired) electrons. The highest BCUT2D eigenvalue weighted by Gasteiger charge is 2.34. The lowest BCUT2D eigenvalue weighted by atomic mass is 10.1. The van der Waals surface area contributed by atoms with Crippen LogP contribution in [0.2, 0.25) is 0 Å². The van der Waals surface area contributed by atoms with Gasteiger partial charge in [-0.15, -0.1) is 0 Å². The molecule has 0 atom stereocenters. The van der Waals surface area contributed by atoms with E-state index in [1.54, 1.807) is 24.3 Å². The smallest absolute Gasteiger partial charge is 0.305 e. The summed E-state index contributed by atoms with van der Waals surface area (Å²) in [4.78, 5) is 37.3. The van der Waals surface area contributed by atoms with Gasteiger partial charge in [-0.3, -0.25) is 19.3 Å². The Kier molecular flexibility index (Phi) is 19.7. The number of hydrogen-bond acceptors (Lipinski definition) is 10. The summed E-state index contributed by atoms with van der Waals surface area (Å²) in [5.74, 6) is -0.712. The monoisotopic (exact) mass is 581 g/mol. The van der Waals surface area contributed by atoms with Gasteiger partial charge in [0.05, 0.1) is 97.0 Å². The molecular weight excluding hydrogens is 534 g/mol. The molecule has 0 aliphatic carbocycles. The van der Waals surface area contributed by atoms with E-state index in [4.69, 9.17) is 33.2 Å². The van der Waals surface area contributed by atoms with E-state index in [0.717, 1.165) is 12.8 Å². The maximum Gasteiger partial charge on any atom is 0.305 e. The molecule has 0 saturated heterocycles. The number of carbonyl (C=O) groups excluding carboxylic acids is 3. The van der Waals surface area contributed by atoms with Crippen molar-refractivity contribution in [2.75, 3.05) is 92.4 Å². The van der Waals surface area contributed by atoms with E-state index in [0.29, 0.717) is 90.2 Å². The highest BCUT2D eigenvalue weighted by atomic mass is 16.6. The Labute approximate surface area is 243 Å². The van der Waals surface area contributed by atoms with Gasteiger partial charge >= 0.3 is 5.97 Å². The topological polar surface area (TPSA) is 119 Å². The van der Waals surface area contributed by atoms with Gasteiger partial charge in [0.25, 0.3) is 11.8 Å². The van der Waals surface area contributed by atoms with E-state index in [1.165, 1.54) is 24.2 Å². The average Bonchev–Trinajstić information content (AvgIpc) is 3.22. The Morgan fingerprint density at radius 3 is 1.46 bits per heavy atom. The molecule has 1 aliphatic rings. The maximum atomic E-state index is 12.3. The van der Waals surface area contributed by atoms with Crippen molar-refractivity contribution >= 4 is 17.8 Å². The number of hydrogen-bond donors (Lipinski definition) is 0. The molecule has 1 heterocycles. The molecule has 0 spiro atoms. The number of fused-ring (bicyclic) bond motifs is 1. The minimum Gasteiger partial charge on any atom is -0.463 e. The van der Waals surface area contributed by atoms with E-state index in [9.17, 15) is 14.4 Å². The highest BCUT2D eigenvalue weighted by molar-refractivity contribution is 6.21. The van der Waals surface area contributed by atoms with Gasteiger partial charge in [0, 0.05) is 6.42 Å². The van der Waals surface area contributed by atoms with Crippen LogP contribution < -0.4 is 0 Å². The molecule has 2 amide bonds. The number of imide groups is 1. The summed E-state index contributed by atoms with van der Waals surface area (Å²) in [6.45, 7) is 7.67. The molecule has 1 aliphatic heterocycles. The van der Waals surface area contributed by atoms with Crippen LogP contribution in [0.5, 0.6) is 0 Å². The van der Waals surface area contributed by atoms with Crippen LogP contribution >= 0.6 is 0 Å². The summed E-state index contributed by atoms with van der Waals surface area (Å²) in [6.07, 6.45) is 6.04. The van der Waals surface area contributed by atoms with Crippen molar-refractivity contribution in [1.82, 2.24) is 4.90 Å². The largest absolute Gasteiger partial charge is 0.463 e. The minimum absolute atomic E-state index is 0.156. The Hall–Kier alpha value is -2.41. The first-order valence-electron chi connectivity index (χ1n) is 14.7. The van der Waals surface area contributed by atoms with Crippen molar-refractivity contribution in [3.05, 3.63) is 35.4 Å². The summed E-state index contributed by atoms with van der Waals surface area (Å²) in [5.41, 5.74) is 0.884. The van der Waals surface area contributed by atoms with Gasteiger partial charge in [-0.1, -0.05) is 44.7 Å². The SMILES string of the molecule is CCCCCCCC(=O)OCCOCCOCCOCCOCCOCCOCCN1C(=O)c2ccccc2C1=O. The van der Waals surface area contributed by atoms with Gasteiger partial charge in [-0.25, -0.2) is 0 Å². The van der Waals surface area contributed by atoms with Crippen LogP contribution in [0.15, 0.2) is 24.3 Å². The number of amides is 2. The van der Waals surface area contributed by atoms with Crippen LogP contribution in [0.25, 0.3) is 0 Å². The molecule has 11 heteroatoms. The lowest BCUT2D eigenvalue weighted by molar-refractivity contribution is -0.145.